The summed E-state index contributed by atoms with van der Waals surface area (Å²) in [5.41, 5.74) is 5.64. The molecule has 14 nitrogen and oxygen atoms in total. The number of carbonyl (C=O) groups excluding carboxylic acids is 5. The molecule has 53 heavy (non-hydrogen) atoms. The number of benzene rings is 2. The number of nitrogens with two attached hydrogens (primary N) is 1. The monoisotopic (exact) mass is 771 g/mol. The molecule has 2 amide bonds. The maximum atomic E-state index is 13.0. The summed E-state index contributed by atoms with van der Waals surface area (Å²) in [4.78, 5) is 63.8. The summed E-state index contributed by atoms with van der Waals surface area (Å²) in [7, 11) is 3.18. The quantitative estimate of drug-likeness (QED) is 0.0482. The molecule has 0 radical (unpaired) electrons. The largest absolute Gasteiger partial charge is 0.493 e. The van der Waals surface area contributed by atoms with E-state index in [-0.39, 0.29) is 75.9 Å². The lowest BCUT2D eigenvalue weighted by Crippen LogP contribution is -2.40. The number of esters is 2. The van der Waals surface area contributed by atoms with Gasteiger partial charge in [-0.1, -0.05) is 0 Å². The van der Waals surface area contributed by atoms with Crippen LogP contribution in [0.25, 0.3) is 20.2 Å². The van der Waals surface area contributed by atoms with E-state index in [1.165, 1.54) is 34.7 Å². The van der Waals surface area contributed by atoms with E-state index in [1.54, 1.807) is 52.1 Å². The Hall–Kier alpha value is -4.93. The van der Waals surface area contributed by atoms with Gasteiger partial charge in [-0.3, -0.25) is 24.0 Å². The molecule has 0 aliphatic carbocycles. The van der Waals surface area contributed by atoms with Crippen molar-refractivity contribution in [2.75, 3.05) is 53.9 Å². The van der Waals surface area contributed by atoms with Gasteiger partial charge in [0.2, 0.25) is 5.91 Å². The molecule has 0 saturated heterocycles. The van der Waals surface area contributed by atoms with Crippen LogP contribution >= 0.6 is 22.7 Å². The first kappa shape index (κ1) is 40.8. The van der Waals surface area contributed by atoms with Crippen molar-refractivity contribution in [2.45, 2.75) is 52.5 Å². The van der Waals surface area contributed by atoms with E-state index >= 15 is 0 Å². The molecule has 0 fully saturated rings. The molecule has 16 heteroatoms. The first-order valence-corrected chi connectivity index (χ1v) is 18.8. The van der Waals surface area contributed by atoms with Crippen molar-refractivity contribution in [3.63, 3.8) is 0 Å². The van der Waals surface area contributed by atoms with E-state index in [0.717, 1.165) is 20.2 Å². The van der Waals surface area contributed by atoms with Crippen LogP contribution in [0.15, 0.2) is 36.4 Å². The summed E-state index contributed by atoms with van der Waals surface area (Å²) >= 11 is 2.59. The number of ether oxygens (including phenoxy) is 6. The van der Waals surface area contributed by atoms with Gasteiger partial charge in [-0.05, 0) is 55.8 Å². The molecule has 0 aliphatic rings. The summed E-state index contributed by atoms with van der Waals surface area (Å²) in [6.07, 6.45) is 0.611. The van der Waals surface area contributed by atoms with E-state index < -0.39 is 12.0 Å². The molecule has 2 aromatic heterocycles. The van der Waals surface area contributed by atoms with E-state index in [4.69, 9.17) is 34.2 Å². The minimum Gasteiger partial charge on any atom is -0.493 e. The van der Waals surface area contributed by atoms with Crippen molar-refractivity contribution >= 4 is 72.4 Å². The van der Waals surface area contributed by atoms with Crippen molar-refractivity contribution in [2.24, 2.45) is 5.73 Å². The van der Waals surface area contributed by atoms with Crippen molar-refractivity contribution < 1.29 is 52.4 Å². The highest BCUT2D eigenvalue weighted by molar-refractivity contribution is 7.21. The first-order chi connectivity index (χ1) is 25.4. The Morgan fingerprint density at radius 3 is 1.91 bits per heavy atom. The number of ketones is 1. The molecule has 0 bridgehead atoms. The zero-order valence-corrected chi connectivity index (χ0v) is 32.1. The maximum absolute atomic E-state index is 13.0. The fourth-order valence-electron chi connectivity index (χ4n) is 4.96. The van der Waals surface area contributed by atoms with Crippen LogP contribution in [0.4, 0.5) is 0 Å². The molecule has 4 aromatic rings. The zero-order valence-electron chi connectivity index (χ0n) is 30.4. The van der Waals surface area contributed by atoms with Crippen LogP contribution in [0.3, 0.4) is 0 Å². The minimum absolute atomic E-state index is 0.00382. The number of hydrogen-bond acceptors (Lipinski definition) is 14. The third kappa shape index (κ3) is 11.5. The van der Waals surface area contributed by atoms with Crippen LogP contribution < -0.4 is 30.0 Å². The zero-order chi connectivity index (χ0) is 38.5. The smallest absolute Gasteiger partial charge is 0.307 e. The van der Waals surface area contributed by atoms with Crippen molar-refractivity contribution in [1.29, 1.82) is 0 Å². The maximum Gasteiger partial charge on any atom is 0.307 e. The van der Waals surface area contributed by atoms with E-state index in [0.29, 0.717) is 45.8 Å². The van der Waals surface area contributed by atoms with Crippen LogP contribution in [0, 0.1) is 0 Å². The van der Waals surface area contributed by atoms with Gasteiger partial charge in [0, 0.05) is 48.0 Å². The first-order valence-electron chi connectivity index (χ1n) is 17.1. The molecule has 2 aromatic carbocycles. The summed E-state index contributed by atoms with van der Waals surface area (Å²) in [5.74, 6) is 0.230. The van der Waals surface area contributed by atoms with Gasteiger partial charge in [0.25, 0.3) is 5.91 Å². The van der Waals surface area contributed by atoms with Gasteiger partial charge < -0.3 is 44.4 Å². The predicted molar refractivity (Wildman–Crippen MR) is 202 cm³/mol. The van der Waals surface area contributed by atoms with Gasteiger partial charge in [0.05, 0.1) is 62.2 Å². The Balaban J connectivity index is 1.40. The summed E-state index contributed by atoms with van der Waals surface area (Å²) in [6.45, 7) is 6.16. The van der Waals surface area contributed by atoms with Crippen molar-refractivity contribution in [3.05, 3.63) is 46.2 Å². The third-order valence-electron chi connectivity index (χ3n) is 7.73. The number of amides is 2. The van der Waals surface area contributed by atoms with Crippen LogP contribution in [0.1, 0.15) is 65.8 Å². The topological polar surface area (TPSA) is 182 Å². The highest BCUT2D eigenvalue weighted by atomic mass is 32.1. The van der Waals surface area contributed by atoms with E-state index in [9.17, 15) is 24.0 Å². The Morgan fingerprint density at radius 1 is 0.755 bits per heavy atom. The number of Topliss-reactive ketones (excluding diaryl/α,β-unsaturated/α-hetero) is 1. The Kier molecular flexibility index (Phi) is 15.2. The van der Waals surface area contributed by atoms with Crippen LogP contribution in [0.5, 0.6) is 23.0 Å². The number of fused-ring (bicyclic) bond motifs is 2. The predicted octanol–water partition coefficient (Wildman–Crippen LogP) is 5.32. The molecule has 0 aliphatic heterocycles. The third-order valence-corrected chi connectivity index (χ3v) is 9.95. The number of nitrogens with zero attached hydrogens (tertiary/aromatic N) is 1. The highest BCUT2D eigenvalue weighted by Gasteiger charge is 2.19. The van der Waals surface area contributed by atoms with Gasteiger partial charge in [0.15, 0.2) is 35.5 Å². The minimum atomic E-state index is -0.711. The number of rotatable bonds is 21. The summed E-state index contributed by atoms with van der Waals surface area (Å²) < 4.78 is 35.1. The summed E-state index contributed by atoms with van der Waals surface area (Å²) in [5, 5.41) is 4.18. The van der Waals surface area contributed by atoms with Crippen molar-refractivity contribution in [1.82, 2.24) is 10.2 Å². The number of carbonyl (C=O) groups is 5. The molecule has 0 spiro atoms. The fraction of sp³-hybridized carbons (Fsp3) is 0.432. The van der Waals surface area contributed by atoms with Gasteiger partial charge in [0.1, 0.15) is 0 Å². The fourth-order valence-corrected chi connectivity index (χ4v) is 7.07. The Labute approximate surface area is 315 Å². The van der Waals surface area contributed by atoms with Gasteiger partial charge in [-0.2, -0.15) is 0 Å². The van der Waals surface area contributed by atoms with E-state index in [1.807, 2.05) is 12.1 Å². The molecular weight excluding hydrogens is 727 g/mol. The molecule has 4 rings (SSSR count). The van der Waals surface area contributed by atoms with Crippen LogP contribution in [0.2, 0.25) is 0 Å². The highest BCUT2D eigenvalue weighted by Crippen LogP contribution is 2.39. The second kappa shape index (κ2) is 19.8. The Morgan fingerprint density at radius 2 is 1.30 bits per heavy atom. The van der Waals surface area contributed by atoms with Gasteiger partial charge in [-0.25, -0.2) is 0 Å². The number of nitrogens with one attached hydrogen (secondary N) is 1. The van der Waals surface area contributed by atoms with Gasteiger partial charge in [-0.15, -0.1) is 22.7 Å². The van der Waals surface area contributed by atoms with Crippen LogP contribution in [-0.2, 0) is 23.9 Å². The average molecular weight is 772 g/mol. The number of thiophene rings is 2. The number of hydrogen-bond donors (Lipinski definition) is 2. The molecular formula is C37H45N3O11S2. The molecule has 3 N–H and O–H groups in total. The van der Waals surface area contributed by atoms with Gasteiger partial charge >= 0.3 is 11.9 Å². The van der Waals surface area contributed by atoms with Crippen molar-refractivity contribution in [3.8, 4) is 23.0 Å². The number of methoxy groups -OCH3 is 1. The average Bonchev–Trinajstić information content (AvgIpc) is 3.75. The molecule has 1 atom stereocenters. The van der Waals surface area contributed by atoms with E-state index in [2.05, 4.69) is 5.32 Å². The molecule has 0 unspecified atom stereocenters. The SMILES string of the molecule is CCOC(=O)CCC(=O)c1cc2cc(OCCCOc3cc4sc(C(=O)N(C)CCC(=O)OCC)cc4cc3OC)c(OCNC(=O)[C@H](C)N)cc2s1. The lowest BCUT2D eigenvalue weighted by atomic mass is 10.1. The van der Waals surface area contributed by atoms with Crippen LogP contribution in [-0.4, -0.2) is 94.3 Å². The molecule has 2 heterocycles. The second-order valence-corrected chi connectivity index (χ2v) is 13.9. The lowest BCUT2D eigenvalue weighted by molar-refractivity contribution is -0.144. The standard InChI is InChI=1S/C37H45N3O11S2/c1-6-47-34(42)10-9-25(41)32-17-24-16-27(29(20-30(24)52-32)51-21-39-36(44)22(3)38)49-13-8-14-50-28-19-31-23(15-26(28)46-5)18-33(53-31)37(45)40(4)12-11-35(43)48-7-2/h15-20,22H,6-14,21,38H2,1-5H3,(H,39,44)/t22-/m0/s1. The normalized spacial score (nSPS) is 11.5. The Bertz CT molecular complexity index is 1920. The second-order valence-electron chi connectivity index (χ2n) is 11.8. The lowest BCUT2D eigenvalue weighted by Gasteiger charge is -2.15. The summed E-state index contributed by atoms with van der Waals surface area (Å²) in [6, 6.07) is 9.97. The molecule has 286 valence electrons. The molecule has 0 saturated carbocycles.